The van der Waals surface area contributed by atoms with Crippen LogP contribution in [0.4, 0.5) is 0 Å². The molecule has 0 saturated heterocycles. The van der Waals surface area contributed by atoms with Gasteiger partial charge in [0.15, 0.2) is 0 Å². The lowest BCUT2D eigenvalue weighted by molar-refractivity contribution is -0.256. The Labute approximate surface area is 123 Å². The van der Waals surface area contributed by atoms with Gasteiger partial charge >= 0.3 is 0 Å². The summed E-state index contributed by atoms with van der Waals surface area (Å²) >= 11 is 0. The van der Waals surface area contributed by atoms with Crippen molar-refractivity contribution in [3.8, 4) is 11.5 Å². The zero-order valence-corrected chi connectivity index (χ0v) is 11.7. The summed E-state index contributed by atoms with van der Waals surface area (Å²) in [5.41, 5.74) is -0.643. The van der Waals surface area contributed by atoms with E-state index in [0.717, 1.165) is 24.3 Å². The molecule has 0 fully saturated rings. The molecule has 0 radical (unpaired) electrons. The zero-order valence-electron chi connectivity index (χ0n) is 10.8. The van der Waals surface area contributed by atoms with Crippen LogP contribution in [0.15, 0.2) is 36.4 Å². The van der Waals surface area contributed by atoms with Gasteiger partial charge in [0.2, 0.25) is 0 Å². The lowest BCUT2D eigenvalue weighted by Gasteiger charge is -2.33. The first-order chi connectivity index (χ1) is 10.3. The van der Waals surface area contributed by atoms with Crippen LogP contribution in [-0.4, -0.2) is 11.9 Å². The summed E-state index contributed by atoms with van der Waals surface area (Å²) in [5, 5.41) is 21.0. The van der Waals surface area contributed by atoms with Crippen LogP contribution in [0.25, 0.3) is 0 Å². The summed E-state index contributed by atoms with van der Waals surface area (Å²) in [6, 6.07) is 6.59. The minimum Gasteiger partial charge on any atom is -0.792 e. The van der Waals surface area contributed by atoms with Crippen molar-refractivity contribution in [3.63, 3.8) is 0 Å². The zero-order chi connectivity index (χ0) is 16.1. The third-order valence-electron chi connectivity index (χ3n) is 3.24. The molecule has 3 rings (SSSR count). The molecule has 2 aromatic carbocycles. The summed E-state index contributed by atoms with van der Waals surface area (Å²) in [4.78, 5) is 34.3. The molecule has 8 heteroatoms. The van der Waals surface area contributed by atoms with Crippen LogP contribution in [-0.2, 0) is 4.57 Å². The highest BCUT2D eigenvalue weighted by Crippen LogP contribution is 2.45. The number of fused-ring (bicyclic) bond motifs is 2. The van der Waals surface area contributed by atoms with E-state index in [0.29, 0.717) is 0 Å². The van der Waals surface area contributed by atoms with E-state index in [1.54, 1.807) is 0 Å². The van der Waals surface area contributed by atoms with Gasteiger partial charge in [0, 0.05) is 10.6 Å². The largest absolute Gasteiger partial charge is 0.792 e. The van der Waals surface area contributed by atoms with Crippen LogP contribution in [0.1, 0.15) is 20.7 Å². The highest BCUT2D eigenvalue weighted by Gasteiger charge is 2.29. The lowest BCUT2D eigenvalue weighted by Crippen LogP contribution is -2.33. The number of carbonyl (C=O) groups is 2. The smallest absolute Gasteiger partial charge is 0.137 e. The molecule has 1 aliphatic heterocycles. The van der Waals surface area contributed by atoms with Crippen molar-refractivity contribution >= 4 is 29.9 Å². The number of carboxylic acids is 2. The van der Waals surface area contributed by atoms with Gasteiger partial charge in [-0.05, 0) is 47.5 Å². The molecule has 22 heavy (non-hydrogen) atoms. The van der Waals surface area contributed by atoms with Crippen LogP contribution >= 0.6 is 7.37 Å². The normalized spacial score (nSPS) is 14.4. The standard InChI is InChI=1S/C14H9O7P/c15-13(16)7-1-3-9-11(5-7)22(19,20)12-6-8(14(17)18)2-4-10(12)21-9/h1-6H,(H,15,16)(H,17,18)(H,19,20)/p-3. The molecule has 0 aromatic heterocycles. The van der Waals surface area contributed by atoms with E-state index < -0.39 is 19.3 Å². The van der Waals surface area contributed by atoms with Crippen molar-refractivity contribution in [2.24, 2.45) is 0 Å². The first-order valence-corrected chi connectivity index (χ1v) is 7.64. The molecular weight excluding hydrogens is 311 g/mol. The Kier molecular flexibility index (Phi) is 3.05. The van der Waals surface area contributed by atoms with Crippen LogP contribution in [0.3, 0.4) is 0 Å². The van der Waals surface area contributed by atoms with E-state index in [2.05, 4.69) is 0 Å². The summed E-state index contributed by atoms with van der Waals surface area (Å²) in [5.74, 6) is -3.12. The molecule has 0 bridgehead atoms. The second kappa shape index (κ2) is 4.69. The maximum atomic E-state index is 12.6. The third kappa shape index (κ3) is 2.07. The number of carboxylic acid groups (broad SMARTS) is 2. The fourth-order valence-corrected chi connectivity index (χ4v) is 3.87. The third-order valence-corrected chi connectivity index (χ3v) is 5.21. The summed E-state index contributed by atoms with van der Waals surface area (Å²) < 4.78 is 17.9. The first kappa shape index (κ1) is 14.3. The minimum absolute atomic E-state index is 0.0305. The van der Waals surface area contributed by atoms with Crippen molar-refractivity contribution in [3.05, 3.63) is 47.5 Å². The molecule has 0 N–H and O–H groups in total. The molecule has 0 amide bonds. The SMILES string of the molecule is O=C([O-])c1ccc2c(c1)P(=O)([O-])c1cc(C(=O)[O-])ccc1O2. The van der Waals surface area contributed by atoms with E-state index >= 15 is 0 Å². The number of carbonyl (C=O) groups excluding carboxylic acids is 2. The monoisotopic (exact) mass is 317 g/mol. The molecule has 0 saturated carbocycles. The van der Waals surface area contributed by atoms with Crippen LogP contribution in [0, 0.1) is 0 Å². The predicted octanol–water partition coefficient (Wildman–Crippen LogP) is -1.89. The van der Waals surface area contributed by atoms with Gasteiger partial charge in [-0.25, -0.2) is 0 Å². The number of aromatic carboxylic acids is 2. The van der Waals surface area contributed by atoms with Crippen LogP contribution in [0.5, 0.6) is 11.5 Å². The Morgan fingerprint density at radius 1 is 0.864 bits per heavy atom. The first-order valence-electron chi connectivity index (χ1n) is 6.01. The molecule has 0 aliphatic carbocycles. The predicted molar refractivity (Wildman–Crippen MR) is 68.5 cm³/mol. The van der Waals surface area contributed by atoms with Gasteiger partial charge in [-0.15, -0.1) is 0 Å². The average Bonchev–Trinajstić information content (AvgIpc) is 2.46. The van der Waals surface area contributed by atoms with Crippen molar-refractivity contribution < 1.29 is 34.0 Å². The quantitative estimate of drug-likeness (QED) is 0.592. The van der Waals surface area contributed by atoms with Gasteiger partial charge in [0.25, 0.3) is 0 Å². The average molecular weight is 317 g/mol. The van der Waals surface area contributed by atoms with Gasteiger partial charge < -0.3 is 34.0 Å². The minimum atomic E-state index is -4.46. The maximum absolute atomic E-state index is 12.6. The highest BCUT2D eigenvalue weighted by molar-refractivity contribution is 7.72. The van der Waals surface area contributed by atoms with E-state index in [9.17, 15) is 29.3 Å². The molecule has 0 atom stereocenters. The van der Waals surface area contributed by atoms with Crippen molar-refractivity contribution in [1.82, 2.24) is 0 Å². The lowest BCUT2D eigenvalue weighted by atomic mass is 10.2. The topological polar surface area (TPSA) is 130 Å². The molecule has 2 aromatic rings. The number of hydrogen-bond acceptors (Lipinski definition) is 7. The Morgan fingerprint density at radius 3 is 1.64 bits per heavy atom. The van der Waals surface area contributed by atoms with Crippen molar-refractivity contribution in [2.45, 2.75) is 0 Å². The molecule has 112 valence electrons. The Balaban J connectivity index is 2.23. The van der Waals surface area contributed by atoms with Crippen molar-refractivity contribution in [1.29, 1.82) is 0 Å². The summed E-state index contributed by atoms with van der Waals surface area (Å²) in [7, 11) is -4.46. The maximum Gasteiger partial charge on any atom is 0.137 e. The van der Waals surface area contributed by atoms with Crippen LogP contribution < -0.4 is 30.5 Å². The van der Waals surface area contributed by atoms with Crippen LogP contribution in [0.2, 0.25) is 0 Å². The summed E-state index contributed by atoms with van der Waals surface area (Å²) in [6.45, 7) is 0. The molecule has 1 aliphatic rings. The Morgan fingerprint density at radius 2 is 1.27 bits per heavy atom. The molecule has 7 nitrogen and oxygen atoms in total. The molecule has 0 spiro atoms. The number of hydrogen-bond donors (Lipinski definition) is 0. The molecule has 0 unspecified atom stereocenters. The molecule has 1 heterocycles. The van der Waals surface area contributed by atoms with Gasteiger partial charge in [0.1, 0.15) is 11.5 Å². The number of ether oxygens (including phenoxy) is 1. The number of benzene rings is 2. The van der Waals surface area contributed by atoms with E-state index in [-0.39, 0.29) is 33.2 Å². The number of rotatable bonds is 2. The van der Waals surface area contributed by atoms with Gasteiger partial charge in [-0.1, -0.05) is 0 Å². The fraction of sp³-hybridized carbons (Fsp3) is 0. The van der Waals surface area contributed by atoms with Crippen molar-refractivity contribution in [2.75, 3.05) is 0 Å². The fourth-order valence-electron chi connectivity index (χ4n) is 2.17. The Hall–Kier alpha value is -2.63. The van der Waals surface area contributed by atoms with Gasteiger partial charge in [-0.3, -0.25) is 0 Å². The van der Waals surface area contributed by atoms with E-state index in [4.69, 9.17) is 4.74 Å². The molecular formula is C14H6O7P-3. The second-order valence-electron chi connectivity index (χ2n) is 4.59. The Bertz CT molecular complexity index is 804. The highest BCUT2D eigenvalue weighted by atomic mass is 31.2. The van der Waals surface area contributed by atoms with E-state index in [1.165, 1.54) is 12.1 Å². The van der Waals surface area contributed by atoms with E-state index in [1.807, 2.05) is 0 Å². The summed E-state index contributed by atoms with van der Waals surface area (Å²) in [6.07, 6.45) is 0. The van der Waals surface area contributed by atoms with Gasteiger partial charge in [-0.2, -0.15) is 0 Å². The van der Waals surface area contributed by atoms with Gasteiger partial charge in [0.05, 0.1) is 19.3 Å². The second-order valence-corrected chi connectivity index (χ2v) is 6.66.